The third-order valence-corrected chi connectivity index (χ3v) is 3.26. The van der Waals surface area contributed by atoms with Gasteiger partial charge in [-0.15, -0.1) is 0 Å². The van der Waals surface area contributed by atoms with Crippen molar-refractivity contribution in [2.24, 2.45) is 0 Å². The van der Waals surface area contributed by atoms with Crippen molar-refractivity contribution in [3.8, 4) is 0 Å². The van der Waals surface area contributed by atoms with Gasteiger partial charge in [0.25, 0.3) is 5.91 Å². The van der Waals surface area contributed by atoms with Crippen molar-refractivity contribution < 1.29 is 23.4 Å². The molecule has 0 saturated heterocycles. The highest BCUT2D eigenvalue weighted by Crippen LogP contribution is 2.22. The first-order chi connectivity index (χ1) is 9.99. The Bertz CT molecular complexity index is 632. The van der Waals surface area contributed by atoms with E-state index in [1.54, 1.807) is 19.1 Å². The van der Waals surface area contributed by atoms with Crippen LogP contribution in [0.1, 0.15) is 23.9 Å². The number of amides is 1. The number of hydrogen-bond donors (Lipinski definition) is 2. The van der Waals surface area contributed by atoms with Gasteiger partial charge in [-0.3, -0.25) is 4.79 Å². The van der Waals surface area contributed by atoms with Crippen molar-refractivity contribution in [3.05, 3.63) is 35.8 Å². The molecule has 0 bridgehead atoms. The largest absolute Gasteiger partial charge is 0.448 e. The van der Waals surface area contributed by atoms with E-state index in [-0.39, 0.29) is 24.6 Å². The molecule has 0 fully saturated rings. The van der Waals surface area contributed by atoms with Crippen LogP contribution >= 0.6 is 0 Å². The number of hydrogen-bond acceptors (Lipinski definition) is 4. The number of para-hydroxylation sites is 1. The molecule has 1 aromatic heterocycles. The van der Waals surface area contributed by atoms with Gasteiger partial charge < -0.3 is 19.6 Å². The van der Waals surface area contributed by atoms with E-state index in [9.17, 15) is 9.18 Å². The summed E-state index contributed by atoms with van der Waals surface area (Å²) in [7, 11) is 1.51. The first-order valence-corrected chi connectivity index (χ1v) is 6.59. The van der Waals surface area contributed by atoms with Gasteiger partial charge in [0, 0.05) is 19.1 Å². The fraction of sp³-hybridized carbons (Fsp3) is 0.400. The van der Waals surface area contributed by atoms with Gasteiger partial charge >= 0.3 is 0 Å². The Labute approximate surface area is 121 Å². The van der Waals surface area contributed by atoms with Gasteiger partial charge in [0.15, 0.2) is 17.2 Å². The molecule has 1 atom stereocenters. The molecular weight excluding hydrogens is 277 g/mol. The van der Waals surface area contributed by atoms with Gasteiger partial charge in [0.05, 0.1) is 12.1 Å². The van der Waals surface area contributed by atoms with Gasteiger partial charge in [-0.1, -0.05) is 12.1 Å². The summed E-state index contributed by atoms with van der Waals surface area (Å²) in [6.07, 6.45) is 0.334. The number of rotatable bonds is 6. The van der Waals surface area contributed by atoms with E-state index >= 15 is 0 Å². The Balaban J connectivity index is 2.23. The maximum Gasteiger partial charge on any atom is 0.287 e. The topological polar surface area (TPSA) is 71.7 Å². The summed E-state index contributed by atoms with van der Waals surface area (Å²) in [6.45, 7) is 1.91. The molecule has 0 aliphatic rings. The van der Waals surface area contributed by atoms with Crippen molar-refractivity contribution in [1.82, 2.24) is 5.32 Å². The third kappa shape index (κ3) is 3.40. The van der Waals surface area contributed by atoms with E-state index in [2.05, 4.69) is 5.32 Å². The van der Waals surface area contributed by atoms with Crippen LogP contribution in [-0.4, -0.2) is 36.9 Å². The van der Waals surface area contributed by atoms with Crippen molar-refractivity contribution in [2.45, 2.75) is 18.9 Å². The Kier molecular flexibility index (Phi) is 4.59. The zero-order valence-corrected chi connectivity index (χ0v) is 12.0. The van der Waals surface area contributed by atoms with Gasteiger partial charge in [0.1, 0.15) is 0 Å². The van der Waals surface area contributed by atoms with Crippen LogP contribution in [0.5, 0.6) is 0 Å². The maximum absolute atomic E-state index is 13.6. The molecule has 0 spiro atoms. The minimum Gasteiger partial charge on any atom is -0.448 e. The lowest BCUT2D eigenvalue weighted by molar-refractivity contribution is 0.0705. The number of ether oxygens (including phenoxy) is 1. The molecule has 1 aromatic carbocycles. The number of halogens is 1. The van der Waals surface area contributed by atoms with E-state index < -0.39 is 17.3 Å². The number of benzene rings is 1. The average Bonchev–Trinajstić information content (AvgIpc) is 2.84. The lowest BCUT2D eigenvalue weighted by Gasteiger charge is -2.28. The molecule has 0 saturated carbocycles. The number of aliphatic hydroxyl groups excluding tert-OH is 1. The number of nitrogens with one attached hydrogen (secondary N) is 1. The van der Waals surface area contributed by atoms with Gasteiger partial charge in [-0.05, 0) is 25.5 Å². The van der Waals surface area contributed by atoms with Crippen LogP contribution in [0.3, 0.4) is 0 Å². The highest BCUT2D eigenvalue weighted by Gasteiger charge is 2.28. The quantitative estimate of drug-likeness (QED) is 0.856. The second-order valence-electron chi connectivity index (χ2n) is 5.19. The van der Waals surface area contributed by atoms with Crippen LogP contribution in [0, 0.1) is 5.82 Å². The summed E-state index contributed by atoms with van der Waals surface area (Å²) in [5.41, 5.74) is -0.670. The predicted octanol–water partition coefficient (Wildman–Crippen LogP) is 2.09. The number of carbonyl (C=O) groups excluding carboxylic acids is 1. The SMILES string of the molecule is COCC(C)(CCO)NC(=O)c1cc2cccc(F)c2o1. The lowest BCUT2D eigenvalue weighted by Crippen LogP contribution is -2.49. The predicted molar refractivity (Wildman–Crippen MR) is 75.6 cm³/mol. The summed E-state index contributed by atoms with van der Waals surface area (Å²) in [6, 6.07) is 5.98. The second kappa shape index (κ2) is 6.24. The summed E-state index contributed by atoms with van der Waals surface area (Å²) in [4.78, 5) is 12.2. The number of fused-ring (bicyclic) bond motifs is 1. The molecule has 21 heavy (non-hydrogen) atoms. The summed E-state index contributed by atoms with van der Waals surface area (Å²) in [5.74, 6) is -0.962. The van der Waals surface area contributed by atoms with Crippen LogP contribution in [0.4, 0.5) is 4.39 Å². The Morgan fingerprint density at radius 3 is 2.90 bits per heavy atom. The monoisotopic (exact) mass is 295 g/mol. The zero-order chi connectivity index (χ0) is 15.5. The maximum atomic E-state index is 13.6. The fourth-order valence-corrected chi connectivity index (χ4v) is 2.21. The van der Waals surface area contributed by atoms with E-state index in [1.165, 1.54) is 19.2 Å². The van der Waals surface area contributed by atoms with Gasteiger partial charge in [-0.2, -0.15) is 0 Å². The number of furan rings is 1. The summed E-state index contributed by atoms with van der Waals surface area (Å²) < 4.78 is 23.9. The minimum absolute atomic E-state index is 0.0235. The van der Waals surface area contributed by atoms with Gasteiger partial charge in [-0.25, -0.2) is 4.39 Å². The summed E-state index contributed by atoms with van der Waals surface area (Å²) >= 11 is 0. The van der Waals surface area contributed by atoms with E-state index in [0.717, 1.165) is 0 Å². The van der Waals surface area contributed by atoms with Crippen molar-refractivity contribution in [3.63, 3.8) is 0 Å². The standard InChI is InChI=1S/C15H18FNO4/c1-15(6-7-18,9-20-2)17-14(19)12-8-10-4-3-5-11(16)13(10)21-12/h3-5,8,18H,6-7,9H2,1-2H3,(H,17,19). The van der Waals surface area contributed by atoms with Crippen LogP contribution in [0.15, 0.2) is 28.7 Å². The number of carbonyl (C=O) groups is 1. The smallest absolute Gasteiger partial charge is 0.287 e. The van der Waals surface area contributed by atoms with Gasteiger partial charge in [0.2, 0.25) is 0 Å². The Morgan fingerprint density at radius 2 is 2.29 bits per heavy atom. The van der Waals surface area contributed by atoms with Crippen LogP contribution in [0.25, 0.3) is 11.0 Å². The fourth-order valence-electron chi connectivity index (χ4n) is 2.21. The first kappa shape index (κ1) is 15.5. The molecule has 2 rings (SSSR count). The lowest BCUT2D eigenvalue weighted by atomic mass is 9.99. The van der Waals surface area contributed by atoms with Crippen LogP contribution < -0.4 is 5.32 Å². The number of aliphatic hydroxyl groups is 1. The average molecular weight is 295 g/mol. The molecule has 1 amide bonds. The second-order valence-corrected chi connectivity index (χ2v) is 5.19. The molecule has 1 heterocycles. The molecule has 5 nitrogen and oxygen atoms in total. The molecule has 2 aromatic rings. The number of methoxy groups -OCH3 is 1. The molecule has 2 N–H and O–H groups in total. The highest BCUT2D eigenvalue weighted by molar-refractivity contribution is 5.96. The zero-order valence-electron chi connectivity index (χ0n) is 12.0. The first-order valence-electron chi connectivity index (χ1n) is 6.59. The van der Waals surface area contributed by atoms with Crippen LogP contribution in [0.2, 0.25) is 0 Å². The van der Waals surface area contributed by atoms with E-state index in [4.69, 9.17) is 14.3 Å². The highest BCUT2D eigenvalue weighted by atomic mass is 19.1. The van der Waals surface area contributed by atoms with Crippen molar-refractivity contribution in [1.29, 1.82) is 0 Å². The van der Waals surface area contributed by atoms with Crippen molar-refractivity contribution in [2.75, 3.05) is 20.3 Å². The molecule has 0 aliphatic carbocycles. The molecule has 0 radical (unpaired) electrons. The Morgan fingerprint density at radius 1 is 1.52 bits per heavy atom. The third-order valence-electron chi connectivity index (χ3n) is 3.26. The minimum atomic E-state index is -0.724. The molecule has 1 unspecified atom stereocenters. The van der Waals surface area contributed by atoms with E-state index in [0.29, 0.717) is 11.8 Å². The molecule has 114 valence electrons. The van der Waals surface area contributed by atoms with Crippen LogP contribution in [-0.2, 0) is 4.74 Å². The molecule has 0 aliphatic heterocycles. The summed E-state index contributed by atoms with van der Waals surface area (Å²) in [5, 5.41) is 12.4. The van der Waals surface area contributed by atoms with Crippen molar-refractivity contribution >= 4 is 16.9 Å². The molecular formula is C15H18FNO4. The molecule has 6 heteroatoms. The Hall–Kier alpha value is -1.92. The van der Waals surface area contributed by atoms with E-state index in [1.807, 2.05) is 0 Å². The normalized spacial score (nSPS) is 14.1.